The first kappa shape index (κ1) is 17.8. The van der Waals surface area contributed by atoms with Gasteiger partial charge in [-0.15, -0.1) is 0 Å². The van der Waals surface area contributed by atoms with Crippen LogP contribution in [0, 0.1) is 0 Å². The molecule has 1 aliphatic carbocycles. The van der Waals surface area contributed by atoms with Crippen molar-refractivity contribution in [3.05, 3.63) is 24.3 Å². The van der Waals surface area contributed by atoms with Gasteiger partial charge in [-0.05, 0) is 25.0 Å². The van der Waals surface area contributed by atoms with Crippen LogP contribution in [0.1, 0.15) is 38.5 Å². The van der Waals surface area contributed by atoms with E-state index >= 15 is 0 Å². The van der Waals surface area contributed by atoms with Crippen LogP contribution < -0.4 is 9.64 Å². The summed E-state index contributed by atoms with van der Waals surface area (Å²) >= 11 is 1.26. The number of benzene rings is 1. The molecule has 1 amide bonds. The highest BCUT2D eigenvalue weighted by Gasteiger charge is 2.40. The lowest BCUT2D eigenvalue weighted by atomic mass is 9.96. The maximum Gasteiger partial charge on any atom is 0.305 e. The summed E-state index contributed by atoms with van der Waals surface area (Å²) in [7, 11) is 1.57. The molecule has 1 heterocycles. The number of thioether (sulfide) groups is 1. The second kappa shape index (κ2) is 7.91. The maximum absolute atomic E-state index is 12.8. The molecule has 1 atom stereocenters. The Morgan fingerprint density at radius 1 is 1.36 bits per heavy atom. The van der Waals surface area contributed by atoms with Gasteiger partial charge < -0.3 is 9.84 Å². The molecule has 0 bridgehead atoms. The zero-order valence-corrected chi connectivity index (χ0v) is 15.0. The van der Waals surface area contributed by atoms with Gasteiger partial charge in [0.2, 0.25) is 5.91 Å². The minimum absolute atomic E-state index is 0.201. The standard InChI is InChI=1S/C18H22N2O4S/c1-24-14-9-5-8-13(10-14)20-17(23)15(11-16(21)22)25-18(20)19-12-6-3-2-4-7-12/h5,8-10,12,15H,2-4,6-7,11H2,1H3,(H,21,22). The molecule has 3 rings (SSSR count). The van der Waals surface area contributed by atoms with Gasteiger partial charge in [-0.3, -0.25) is 19.5 Å². The third-order valence-corrected chi connectivity index (χ3v) is 5.63. The van der Waals surface area contributed by atoms with Crippen LogP contribution in [0.25, 0.3) is 0 Å². The number of aliphatic imine (C=N–C) groups is 1. The molecule has 1 N–H and O–H groups in total. The number of amidine groups is 1. The molecule has 6 nitrogen and oxygen atoms in total. The van der Waals surface area contributed by atoms with E-state index in [2.05, 4.69) is 0 Å². The van der Waals surface area contributed by atoms with Crippen molar-refractivity contribution in [1.29, 1.82) is 0 Å². The van der Waals surface area contributed by atoms with Crippen molar-refractivity contribution in [3.8, 4) is 5.75 Å². The van der Waals surface area contributed by atoms with E-state index in [1.165, 1.54) is 18.2 Å². The van der Waals surface area contributed by atoms with Crippen molar-refractivity contribution in [2.45, 2.75) is 49.8 Å². The maximum atomic E-state index is 12.8. The Balaban J connectivity index is 1.92. The summed E-state index contributed by atoms with van der Waals surface area (Å²) in [5, 5.41) is 9.07. The predicted octanol–water partition coefficient (Wildman–Crippen LogP) is 3.31. The molecule has 1 unspecified atom stereocenters. The van der Waals surface area contributed by atoms with Crippen molar-refractivity contribution in [3.63, 3.8) is 0 Å². The van der Waals surface area contributed by atoms with Crippen LogP contribution in [-0.4, -0.2) is 40.6 Å². The number of carboxylic acid groups (broad SMARTS) is 1. The molecular formula is C18H22N2O4S. The number of ether oxygens (including phenoxy) is 1. The van der Waals surface area contributed by atoms with Crippen LogP contribution in [0.15, 0.2) is 29.3 Å². The molecule has 25 heavy (non-hydrogen) atoms. The van der Waals surface area contributed by atoms with Gasteiger partial charge in [0.05, 0.1) is 25.3 Å². The number of nitrogens with zero attached hydrogens (tertiary/aromatic N) is 2. The average Bonchev–Trinajstić information content (AvgIpc) is 2.90. The molecule has 7 heteroatoms. The number of methoxy groups -OCH3 is 1. The van der Waals surface area contributed by atoms with Crippen molar-refractivity contribution in [2.75, 3.05) is 12.0 Å². The Labute approximate surface area is 151 Å². The number of aliphatic carboxylic acids is 1. The molecule has 1 aromatic carbocycles. The highest BCUT2D eigenvalue weighted by molar-refractivity contribution is 8.16. The summed E-state index contributed by atoms with van der Waals surface area (Å²) in [6.07, 6.45) is 5.37. The molecule has 0 radical (unpaired) electrons. The summed E-state index contributed by atoms with van der Waals surface area (Å²) in [5.41, 5.74) is 0.666. The van der Waals surface area contributed by atoms with Gasteiger partial charge in [0.1, 0.15) is 11.0 Å². The smallest absolute Gasteiger partial charge is 0.305 e. The van der Waals surface area contributed by atoms with Gasteiger partial charge >= 0.3 is 5.97 Å². The SMILES string of the molecule is COc1cccc(N2C(=O)C(CC(=O)O)SC2=NC2CCCCC2)c1. The number of carbonyl (C=O) groups is 2. The van der Waals surface area contributed by atoms with Crippen LogP contribution in [-0.2, 0) is 9.59 Å². The normalized spacial score (nSPS) is 23.2. The van der Waals surface area contributed by atoms with Gasteiger partial charge in [-0.2, -0.15) is 0 Å². The summed E-state index contributed by atoms with van der Waals surface area (Å²) in [6, 6.07) is 7.43. The fourth-order valence-corrected chi connectivity index (χ4v) is 4.40. The van der Waals surface area contributed by atoms with Crippen LogP contribution >= 0.6 is 11.8 Å². The molecule has 0 spiro atoms. The van der Waals surface area contributed by atoms with Crippen molar-refractivity contribution in [1.82, 2.24) is 0 Å². The zero-order valence-electron chi connectivity index (χ0n) is 14.2. The minimum Gasteiger partial charge on any atom is -0.497 e. The highest BCUT2D eigenvalue weighted by Crippen LogP contribution is 2.36. The van der Waals surface area contributed by atoms with Gasteiger partial charge in [0.15, 0.2) is 5.17 Å². The molecule has 1 saturated heterocycles. The van der Waals surface area contributed by atoms with E-state index in [9.17, 15) is 9.59 Å². The predicted molar refractivity (Wildman–Crippen MR) is 98.4 cm³/mol. The number of hydrogen-bond acceptors (Lipinski definition) is 5. The monoisotopic (exact) mass is 362 g/mol. The number of carbonyl (C=O) groups excluding carboxylic acids is 1. The number of amides is 1. The Bertz CT molecular complexity index is 685. The lowest BCUT2D eigenvalue weighted by Crippen LogP contribution is -2.33. The molecule has 2 fully saturated rings. The topological polar surface area (TPSA) is 79.2 Å². The molecule has 1 aliphatic heterocycles. The summed E-state index contributed by atoms with van der Waals surface area (Å²) in [5.74, 6) is -0.556. The first-order valence-corrected chi connectivity index (χ1v) is 9.40. The van der Waals surface area contributed by atoms with E-state index in [-0.39, 0.29) is 18.4 Å². The number of hydrogen-bond donors (Lipinski definition) is 1. The number of anilines is 1. The molecule has 1 saturated carbocycles. The largest absolute Gasteiger partial charge is 0.497 e. The summed E-state index contributed by atoms with van der Waals surface area (Å²) in [4.78, 5) is 30.3. The van der Waals surface area contributed by atoms with Gasteiger partial charge in [-0.1, -0.05) is 37.1 Å². The Kier molecular flexibility index (Phi) is 5.63. The van der Waals surface area contributed by atoms with Gasteiger partial charge in [-0.25, -0.2) is 0 Å². The van der Waals surface area contributed by atoms with Crippen LogP contribution in [0.4, 0.5) is 5.69 Å². The first-order valence-electron chi connectivity index (χ1n) is 8.53. The van der Waals surface area contributed by atoms with E-state index < -0.39 is 11.2 Å². The van der Waals surface area contributed by atoms with Gasteiger partial charge in [0.25, 0.3) is 0 Å². The summed E-state index contributed by atoms with van der Waals surface area (Å²) < 4.78 is 5.25. The second-order valence-electron chi connectivity index (χ2n) is 6.28. The van der Waals surface area contributed by atoms with Crippen LogP contribution in [0.3, 0.4) is 0 Å². The molecule has 134 valence electrons. The zero-order chi connectivity index (χ0) is 17.8. The van der Waals surface area contributed by atoms with Crippen LogP contribution in [0.2, 0.25) is 0 Å². The van der Waals surface area contributed by atoms with E-state index in [1.807, 2.05) is 18.2 Å². The quantitative estimate of drug-likeness (QED) is 0.869. The van der Waals surface area contributed by atoms with E-state index in [1.54, 1.807) is 18.1 Å². The average molecular weight is 362 g/mol. The fourth-order valence-electron chi connectivity index (χ4n) is 3.20. The lowest BCUT2D eigenvalue weighted by Gasteiger charge is -2.21. The van der Waals surface area contributed by atoms with E-state index in [4.69, 9.17) is 14.8 Å². The third-order valence-electron chi connectivity index (χ3n) is 4.47. The second-order valence-corrected chi connectivity index (χ2v) is 7.45. The summed E-state index contributed by atoms with van der Waals surface area (Å²) in [6.45, 7) is 0. The van der Waals surface area contributed by atoms with Crippen molar-refractivity contribution >= 4 is 34.5 Å². The Hall–Kier alpha value is -2.02. The lowest BCUT2D eigenvalue weighted by molar-refractivity contribution is -0.138. The molecule has 0 aromatic heterocycles. The van der Waals surface area contributed by atoms with E-state index in [0.29, 0.717) is 16.6 Å². The van der Waals surface area contributed by atoms with Crippen LogP contribution in [0.5, 0.6) is 5.75 Å². The molecule has 1 aromatic rings. The minimum atomic E-state index is -0.977. The fraction of sp³-hybridized carbons (Fsp3) is 0.500. The van der Waals surface area contributed by atoms with Crippen molar-refractivity contribution in [2.24, 2.45) is 4.99 Å². The first-order chi connectivity index (χ1) is 12.1. The Morgan fingerprint density at radius 3 is 2.80 bits per heavy atom. The molecule has 2 aliphatic rings. The third kappa shape index (κ3) is 4.15. The van der Waals surface area contributed by atoms with Gasteiger partial charge in [0, 0.05) is 6.07 Å². The number of rotatable bonds is 5. The number of carboxylic acids is 1. The molecular weight excluding hydrogens is 340 g/mol. The van der Waals surface area contributed by atoms with Crippen molar-refractivity contribution < 1.29 is 19.4 Å². The highest BCUT2D eigenvalue weighted by atomic mass is 32.2. The Morgan fingerprint density at radius 2 is 2.12 bits per heavy atom. The van der Waals surface area contributed by atoms with E-state index in [0.717, 1.165) is 25.7 Å².